The Labute approximate surface area is 109 Å². The average Bonchev–Trinajstić information content (AvgIpc) is 2.29. The lowest BCUT2D eigenvalue weighted by Gasteiger charge is -2.18. The Morgan fingerprint density at radius 1 is 1.44 bits per heavy atom. The summed E-state index contributed by atoms with van der Waals surface area (Å²) in [7, 11) is 0. The summed E-state index contributed by atoms with van der Waals surface area (Å²) in [6.45, 7) is 1.63. The minimum Gasteiger partial charge on any atom is -0.480 e. The van der Waals surface area contributed by atoms with E-state index in [0.29, 0.717) is 12.1 Å². The van der Waals surface area contributed by atoms with Gasteiger partial charge in [-0.1, -0.05) is 17.7 Å². The molecule has 0 saturated heterocycles. The van der Waals surface area contributed by atoms with Gasteiger partial charge in [0.15, 0.2) is 0 Å². The average molecular weight is 274 g/mol. The van der Waals surface area contributed by atoms with Crippen LogP contribution in [0.15, 0.2) is 18.2 Å². The second-order valence-electron chi connectivity index (χ2n) is 3.71. The Morgan fingerprint density at radius 2 is 2.11 bits per heavy atom. The van der Waals surface area contributed by atoms with Crippen molar-refractivity contribution in [3.05, 3.63) is 34.6 Å². The summed E-state index contributed by atoms with van der Waals surface area (Å²) in [5.74, 6) is -1.90. The van der Waals surface area contributed by atoms with Gasteiger partial charge in [-0.25, -0.2) is 4.39 Å². The SMILES string of the molecule is CCN(CC(=O)O)C(=O)Cc1ccc(F)cc1Cl. The van der Waals surface area contributed by atoms with Crippen molar-refractivity contribution >= 4 is 23.5 Å². The number of carboxylic acid groups (broad SMARTS) is 1. The molecule has 0 heterocycles. The zero-order chi connectivity index (χ0) is 13.7. The van der Waals surface area contributed by atoms with Gasteiger partial charge >= 0.3 is 5.97 Å². The summed E-state index contributed by atoms with van der Waals surface area (Å²) in [6, 6.07) is 3.75. The van der Waals surface area contributed by atoms with Crippen LogP contribution in [0.1, 0.15) is 12.5 Å². The number of likely N-dealkylation sites (N-methyl/N-ethyl adjacent to an activating group) is 1. The van der Waals surface area contributed by atoms with E-state index in [9.17, 15) is 14.0 Å². The van der Waals surface area contributed by atoms with Gasteiger partial charge in [0.2, 0.25) is 5.91 Å². The third-order valence-corrected chi connectivity index (χ3v) is 2.77. The molecule has 0 unspecified atom stereocenters. The van der Waals surface area contributed by atoms with Gasteiger partial charge in [-0.15, -0.1) is 0 Å². The van der Waals surface area contributed by atoms with Gasteiger partial charge in [0.25, 0.3) is 0 Å². The molecule has 0 fully saturated rings. The van der Waals surface area contributed by atoms with Gasteiger partial charge in [-0.3, -0.25) is 9.59 Å². The molecule has 1 aromatic carbocycles. The van der Waals surface area contributed by atoms with Gasteiger partial charge in [-0.2, -0.15) is 0 Å². The van der Waals surface area contributed by atoms with Crippen molar-refractivity contribution in [2.24, 2.45) is 0 Å². The summed E-state index contributed by atoms with van der Waals surface area (Å²) in [5.41, 5.74) is 0.479. The van der Waals surface area contributed by atoms with Gasteiger partial charge in [0, 0.05) is 11.6 Å². The van der Waals surface area contributed by atoms with Crippen LogP contribution in [0.5, 0.6) is 0 Å². The van der Waals surface area contributed by atoms with Crippen LogP contribution in [0.2, 0.25) is 5.02 Å². The molecule has 0 aliphatic heterocycles. The van der Waals surface area contributed by atoms with Crippen molar-refractivity contribution in [2.75, 3.05) is 13.1 Å². The molecule has 0 atom stereocenters. The Bertz CT molecular complexity index is 465. The van der Waals surface area contributed by atoms with E-state index in [-0.39, 0.29) is 23.9 Å². The molecule has 0 aliphatic carbocycles. The van der Waals surface area contributed by atoms with Gasteiger partial charge < -0.3 is 10.0 Å². The topological polar surface area (TPSA) is 57.6 Å². The predicted molar refractivity (Wildman–Crippen MR) is 65.0 cm³/mol. The number of carbonyl (C=O) groups excluding carboxylic acids is 1. The zero-order valence-electron chi connectivity index (χ0n) is 9.82. The smallest absolute Gasteiger partial charge is 0.323 e. The van der Waals surface area contributed by atoms with Crippen LogP contribution in [0.3, 0.4) is 0 Å². The minimum absolute atomic E-state index is 0.0414. The Kier molecular flexibility index (Phi) is 5.09. The molecule has 1 rings (SSSR count). The second kappa shape index (κ2) is 6.35. The van der Waals surface area contributed by atoms with Crippen LogP contribution >= 0.6 is 11.6 Å². The number of aliphatic carboxylic acids is 1. The predicted octanol–water partition coefficient (Wildman–Crippen LogP) is 1.95. The molecule has 1 N–H and O–H groups in total. The van der Waals surface area contributed by atoms with E-state index in [4.69, 9.17) is 16.7 Å². The van der Waals surface area contributed by atoms with Crippen molar-refractivity contribution < 1.29 is 19.1 Å². The third kappa shape index (κ3) is 4.00. The lowest BCUT2D eigenvalue weighted by Crippen LogP contribution is -2.36. The standard InChI is InChI=1S/C12H13ClFNO3/c1-2-15(7-12(17)18)11(16)5-8-3-4-9(14)6-10(8)13/h3-4,6H,2,5,7H2,1H3,(H,17,18). The van der Waals surface area contributed by atoms with E-state index in [1.54, 1.807) is 6.92 Å². The summed E-state index contributed by atoms with van der Waals surface area (Å²) < 4.78 is 12.8. The second-order valence-corrected chi connectivity index (χ2v) is 4.12. The number of benzene rings is 1. The highest BCUT2D eigenvalue weighted by Gasteiger charge is 2.16. The fraction of sp³-hybridized carbons (Fsp3) is 0.333. The van der Waals surface area contributed by atoms with Crippen LogP contribution in [0.4, 0.5) is 4.39 Å². The molecule has 6 heteroatoms. The molecule has 1 aromatic rings. The van der Waals surface area contributed by atoms with E-state index in [2.05, 4.69) is 0 Å². The highest BCUT2D eigenvalue weighted by molar-refractivity contribution is 6.31. The first-order valence-corrected chi connectivity index (χ1v) is 5.75. The Morgan fingerprint density at radius 3 is 2.61 bits per heavy atom. The normalized spacial score (nSPS) is 10.2. The number of amides is 1. The lowest BCUT2D eigenvalue weighted by atomic mass is 10.1. The number of halogens is 2. The highest BCUT2D eigenvalue weighted by Crippen LogP contribution is 2.18. The highest BCUT2D eigenvalue weighted by atomic mass is 35.5. The number of hydrogen-bond donors (Lipinski definition) is 1. The van der Waals surface area contributed by atoms with Crippen molar-refractivity contribution in [3.8, 4) is 0 Å². The number of rotatable bonds is 5. The number of carbonyl (C=O) groups is 2. The van der Waals surface area contributed by atoms with Crippen LogP contribution in [0, 0.1) is 5.82 Å². The fourth-order valence-corrected chi connectivity index (χ4v) is 1.71. The molecule has 4 nitrogen and oxygen atoms in total. The molecule has 0 bridgehead atoms. The van der Waals surface area contributed by atoms with E-state index >= 15 is 0 Å². The maximum absolute atomic E-state index is 12.8. The van der Waals surface area contributed by atoms with E-state index < -0.39 is 11.8 Å². The quantitative estimate of drug-likeness (QED) is 0.892. The van der Waals surface area contributed by atoms with Crippen molar-refractivity contribution in [1.29, 1.82) is 0 Å². The van der Waals surface area contributed by atoms with Crippen molar-refractivity contribution in [2.45, 2.75) is 13.3 Å². The van der Waals surface area contributed by atoms with E-state index in [1.807, 2.05) is 0 Å². The molecule has 98 valence electrons. The van der Waals surface area contributed by atoms with Crippen LogP contribution in [-0.4, -0.2) is 35.0 Å². The largest absolute Gasteiger partial charge is 0.480 e. The number of hydrogen-bond acceptors (Lipinski definition) is 2. The maximum atomic E-state index is 12.8. The molecule has 18 heavy (non-hydrogen) atoms. The lowest BCUT2D eigenvalue weighted by molar-refractivity contribution is -0.144. The third-order valence-electron chi connectivity index (χ3n) is 2.42. The van der Waals surface area contributed by atoms with Gasteiger partial charge in [-0.05, 0) is 24.6 Å². The summed E-state index contributed by atoms with van der Waals surface area (Å²) in [6.07, 6.45) is -0.0414. The molecule has 0 radical (unpaired) electrons. The van der Waals surface area contributed by atoms with Crippen LogP contribution in [-0.2, 0) is 16.0 Å². The van der Waals surface area contributed by atoms with Gasteiger partial charge in [0.1, 0.15) is 12.4 Å². The molecule has 0 aliphatic rings. The Balaban J connectivity index is 2.76. The minimum atomic E-state index is -1.07. The zero-order valence-corrected chi connectivity index (χ0v) is 10.6. The molecule has 0 aromatic heterocycles. The first kappa shape index (κ1) is 14.4. The van der Waals surface area contributed by atoms with Crippen molar-refractivity contribution in [3.63, 3.8) is 0 Å². The molecule has 0 spiro atoms. The first-order chi connectivity index (χ1) is 8.43. The van der Waals surface area contributed by atoms with Crippen LogP contribution in [0.25, 0.3) is 0 Å². The number of carboxylic acids is 1. The molecule has 1 amide bonds. The molecule has 0 saturated carbocycles. The van der Waals surface area contributed by atoms with Gasteiger partial charge in [0.05, 0.1) is 6.42 Å². The Hall–Kier alpha value is -1.62. The summed E-state index contributed by atoms with van der Waals surface area (Å²) >= 11 is 5.80. The summed E-state index contributed by atoms with van der Waals surface area (Å²) in [4.78, 5) is 23.6. The maximum Gasteiger partial charge on any atom is 0.323 e. The fourth-order valence-electron chi connectivity index (χ4n) is 1.48. The van der Waals surface area contributed by atoms with Crippen LogP contribution < -0.4 is 0 Å². The monoisotopic (exact) mass is 273 g/mol. The van der Waals surface area contributed by atoms with E-state index in [0.717, 1.165) is 6.07 Å². The number of nitrogens with zero attached hydrogens (tertiary/aromatic N) is 1. The first-order valence-electron chi connectivity index (χ1n) is 5.37. The van der Waals surface area contributed by atoms with E-state index in [1.165, 1.54) is 17.0 Å². The summed E-state index contributed by atoms with van der Waals surface area (Å²) in [5, 5.41) is 8.81. The molecular formula is C12H13ClFNO3. The van der Waals surface area contributed by atoms with Crippen molar-refractivity contribution in [1.82, 2.24) is 4.90 Å². The molecular weight excluding hydrogens is 261 g/mol.